The molecule has 31 heavy (non-hydrogen) atoms. The molecule has 2 aromatic rings. The highest BCUT2D eigenvalue weighted by Gasteiger charge is 2.33. The smallest absolute Gasteiger partial charge is 0.243 e. The summed E-state index contributed by atoms with van der Waals surface area (Å²) in [7, 11) is -3.70. The Morgan fingerprint density at radius 2 is 1.74 bits per heavy atom. The van der Waals surface area contributed by atoms with Crippen molar-refractivity contribution in [2.75, 3.05) is 24.5 Å². The second-order valence-electron chi connectivity index (χ2n) is 8.05. The molecule has 2 heterocycles. The van der Waals surface area contributed by atoms with Crippen molar-refractivity contribution >= 4 is 27.5 Å². The number of amides is 2. The third-order valence-electron chi connectivity index (χ3n) is 5.92. The Kier molecular flexibility index (Phi) is 6.38. The van der Waals surface area contributed by atoms with Crippen LogP contribution in [0.15, 0.2) is 59.5 Å². The number of carbonyl (C=O) groups is 2. The highest BCUT2D eigenvalue weighted by Crippen LogP contribution is 2.27. The molecular weight excluding hydrogens is 414 g/mol. The van der Waals surface area contributed by atoms with Crippen LogP contribution in [0, 0.1) is 5.92 Å². The molecule has 0 spiro atoms. The van der Waals surface area contributed by atoms with E-state index >= 15 is 0 Å². The predicted molar refractivity (Wildman–Crippen MR) is 118 cm³/mol. The lowest BCUT2D eigenvalue weighted by molar-refractivity contribution is -0.126. The van der Waals surface area contributed by atoms with Gasteiger partial charge in [0.15, 0.2) is 0 Å². The van der Waals surface area contributed by atoms with Crippen LogP contribution in [-0.4, -0.2) is 44.2 Å². The van der Waals surface area contributed by atoms with Crippen LogP contribution >= 0.6 is 0 Å². The monoisotopic (exact) mass is 441 g/mol. The van der Waals surface area contributed by atoms with Crippen LogP contribution in [0.4, 0.5) is 5.69 Å². The fraction of sp³-hybridized carbons (Fsp3) is 0.391. The summed E-state index contributed by atoms with van der Waals surface area (Å²) < 4.78 is 27.7. The van der Waals surface area contributed by atoms with E-state index < -0.39 is 10.0 Å². The van der Waals surface area contributed by atoms with Crippen molar-refractivity contribution in [1.82, 2.24) is 9.62 Å². The molecule has 0 aromatic heterocycles. The molecule has 2 fully saturated rings. The summed E-state index contributed by atoms with van der Waals surface area (Å²) in [5, 5.41) is 2.93. The second-order valence-corrected chi connectivity index (χ2v) is 9.99. The molecule has 2 aliphatic heterocycles. The van der Waals surface area contributed by atoms with Gasteiger partial charge >= 0.3 is 0 Å². The van der Waals surface area contributed by atoms with Gasteiger partial charge in [-0.15, -0.1) is 0 Å². The molecule has 2 saturated heterocycles. The summed E-state index contributed by atoms with van der Waals surface area (Å²) in [6.45, 7) is 1.67. The molecule has 1 N–H and O–H groups in total. The number of nitrogens with zero attached hydrogens (tertiary/aromatic N) is 2. The van der Waals surface area contributed by atoms with E-state index in [1.807, 2.05) is 30.3 Å². The molecule has 2 aliphatic rings. The van der Waals surface area contributed by atoms with E-state index in [1.165, 1.54) is 4.31 Å². The van der Waals surface area contributed by atoms with Crippen molar-refractivity contribution in [3.05, 3.63) is 60.2 Å². The average molecular weight is 442 g/mol. The summed E-state index contributed by atoms with van der Waals surface area (Å²) in [6, 6.07) is 16.1. The maximum absolute atomic E-state index is 13.1. The van der Waals surface area contributed by atoms with Crippen molar-refractivity contribution in [3.63, 3.8) is 0 Å². The van der Waals surface area contributed by atoms with Crippen LogP contribution in [0.5, 0.6) is 0 Å². The Morgan fingerprint density at radius 1 is 1.00 bits per heavy atom. The number of carbonyl (C=O) groups excluding carboxylic acids is 2. The lowest BCUT2D eigenvalue weighted by atomic mass is 9.99. The zero-order valence-electron chi connectivity index (χ0n) is 17.4. The van der Waals surface area contributed by atoms with Crippen LogP contribution in [0.25, 0.3) is 0 Å². The van der Waals surface area contributed by atoms with Crippen LogP contribution in [-0.2, 0) is 26.2 Å². The Morgan fingerprint density at radius 3 is 2.42 bits per heavy atom. The minimum Gasteiger partial charge on any atom is -0.352 e. The normalized spacial score (nSPS) is 20.1. The molecule has 0 saturated carbocycles. The maximum Gasteiger partial charge on any atom is 0.243 e. The SMILES string of the molecule is O=C(NCc1ccccc1)[C@H]1CCCN(S(=O)(=O)c2ccc(N3CCCC3=O)cc2)C1. The van der Waals surface area contributed by atoms with E-state index in [2.05, 4.69) is 5.32 Å². The van der Waals surface area contributed by atoms with Gasteiger partial charge in [0.1, 0.15) is 0 Å². The molecular formula is C23H27N3O4S. The summed E-state index contributed by atoms with van der Waals surface area (Å²) in [5.41, 5.74) is 1.73. The molecule has 0 unspecified atom stereocenters. The van der Waals surface area contributed by atoms with Crippen molar-refractivity contribution in [3.8, 4) is 0 Å². The Balaban J connectivity index is 1.40. The summed E-state index contributed by atoms with van der Waals surface area (Å²) >= 11 is 0. The fourth-order valence-corrected chi connectivity index (χ4v) is 5.70. The van der Waals surface area contributed by atoms with E-state index in [4.69, 9.17) is 0 Å². The van der Waals surface area contributed by atoms with Gasteiger partial charge in [0.25, 0.3) is 0 Å². The molecule has 8 heteroatoms. The van der Waals surface area contributed by atoms with Gasteiger partial charge in [0.2, 0.25) is 21.8 Å². The van der Waals surface area contributed by atoms with E-state index in [0.717, 1.165) is 17.7 Å². The van der Waals surface area contributed by atoms with Gasteiger partial charge in [0.05, 0.1) is 10.8 Å². The molecule has 0 aliphatic carbocycles. The first-order valence-electron chi connectivity index (χ1n) is 10.7. The number of piperidine rings is 1. The van der Waals surface area contributed by atoms with E-state index in [9.17, 15) is 18.0 Å². The molecule has 0 radical (unpaired) electrons. The average Bonchev–Trinajstić information content (AvgIpc) is 3.24. The third kappa shape index (κ3) is 4.80. The number of anilines is 1. The Labute approximate surface area is 183 Å². The largest absolute Gasteiger partial charge is 0.352 e. The summed E-state index contributed by atoms with van der Waals surface area (Å²) in [5.74, 6) is -0.420. The molecule has 0 bridgehead atoms. The van der Waals surface area contributed by atoms with E-state index in [0.29, 0.717) is 38.9 Å². The van der Waals surface area contributed by atoms with Crippen molar-refractivity contribution < 1.29 is 18.0 Å². The van der Waals surface area contributed by atoms with E-state index in [-0.39, 0.29) is 29.2 Å². The predicted octanol–water partition coefficient (Wildman–Crippen LogP) is 2.53. The van der Waals surface area contributed by atoms with Gasteiger partial charge in [-0.1, -0.05) is 30.3 Å². The number of benzene rings is 2. The van der Waals surface area contributed by atoms with Gasteiger partial charge in [-0.2, -0.15) is 4.31 Å². The van der Waals surface area contributed by atoms with Gasteiger partial charge in [-0.3, -0.25) is 9.59 Å². The minimum absolute atomic E-state index is 0.0657. The standard InChI is InChI=1S/C23H27N3O4S/c27-22-9-5-15-26(22)20-10-12-21(13-11-20)31(29,30)25-14-4-8-19(17-25)23(28)24-16-18-6-2-1-3-7-18/h1-3,6-7,10-13,19H,4-5,8-9,14-17H2,(H,24,28)/t19-/m0/s1. The molecule has 1 atom stereocenters. The number of nitrogens with one attached hydrogen (secondary N) is 1. The van der Waals surface area contributed by atoms with Crippen molar-refractivity contribution in [1.29, 1.82) is 0 Å². The molecule has 2 amide bonds. The summed E-state index contributed by atoms with van der Waals surface area (Å²) in [6.07, 6.45) is 2.66. The zero-order valence-corrected chi connectivity index (χ0v) is 18.2. The lowest BCUT2D eigenvalue weighted by Crippen LogP contribution is -2.45. The molecule has 164 valence electrons. The van der Waals surface area contributed by atoms with E-state index in [1.54, 1.807) is 29.2 Å². The summed E-state index contributed by atoms with van der Waals surface area (Å²) in [4.78, 5) is 26.4. The first-order valence-corrected chi connectivity index (χ1v) is 12.1. The zero-order chi connectivity index (χ0) is 21.8. The first kappa shape index (κ1) is 21.5. The second kappa shape index (κ2) is 9.20. The van der Waals surface area contributed by atoms with Gasteiger partial charge in [-0.05, 0) is 49.1 Å². The molecule has 7 nitrogen and oxygen atoms in total. The van der Waals surface area contributed by atoms with Crippen LogP contribution in [0.3, 0.4) is 0 Å². The molecule has 4 rings (SSSR count). The number of hydrogen-bond donors (Lipinski definition) is 1. The van der Waals surface area contributed by atoms with Crippen LogP contribution in [0.2, 0.25) is 0 Å². The highest BCUT2D eigenvalue weighted by atomic mass is 32.2. The Bertz CT molecular complexity index is 1040. The van der Waals surface area contributed by atoms with Gasteiger partial charge in [0, 0.05) is 38.3 Å². The fourth-order valence-electron chi connectivity index (χ4n) is 4.17. The maximum atomic E-state index is 13.1. The Hall–Kier alpha value is -2.71. The van der Waals surface area contributed by atoms with Crippen LogP contribution in [0.1, 0.15) is 31.2 Å². The lowest BCUT2D eigenvalue weighted by Gasteiger charge is -2.31. The third-order valence-corrected chi connectivity index (χ3v) is 7.80. The number of rotatable bonds is 6. The van der Waals surface area contributed by atoms with Crippen LogP contribution < -0.4 is 10.2 Å². The minimum atomic E-state index is -3.70. The van der Waals surface area contributed by atoms with Gasteiger partial charge in [-0.25, -0.2) is 8.42 Å². The first-order chi connectivity index (χ1) is 14.9. The number of hydrogen-bond acceptors (Lipinski definition) is 4. The highest BCUT2D eigenvalue weighted by molar-refractivity contribution is 7.89. The van der Waals surface area contributed by atoms with Gasteiger partial charge < -0.3 is 10.2 Å². The topological polar surface area (TPSA) is 86.8 Å². The quantitative estimate of drug-likeness (QED) is 0.746. The molecule has 2 aromatic carbocycles. The van der Waals surface area contributed by atoms with Crippen molar-refractivity contribution in [2.45, 2.75) is 37.1 Å². The number of sulfonamides is 1. The van der Waals surface area contributed by atoms with Crippen molar-refractivity contribution in [2.24, 2.45) is 5.92 Å².